The number of aromatic nitrogens is 1. The van der Waals surface area contributed by atoms with E-state index in [1.165, 1.54) is 12.3 Å². The maximum Gasteiger partial charge on any atom is 0.336 e. The predicted molar refractivity (Wildman–Crippen MR) is 77.0 cm³/mol. The molecule has 112 valence electrons. The third-order valence-electron chi connectivity index (χ3n) is 2.85. The van der Waals surface area contributed by atoms with Crippen molar-refractivity contribution >= 4 is 23.4 Å². The number of pyridine rings is 1. The first-order chi connectivity index (χ1) is 10.4. The maximum absolute atomic E-state index is 12.3. The summed E-state index contributed by atoms with van der Waals surface area (Å²) in [6, 6.07) is 6.69. The van der Waals surface area contributed by atoms with Gasteiger partial charge in [-0.15, -0.1) is 0 Å². The van der Waals surface area contributed by atoms with Crippen molar-refractivity contribution in [1.82, 2.24) is 4.98 Å². The van der Waals surface area contributed by atoms with Crippen LogP contribution in [0.15, 0.2) is 36.5 Å². The Morgan fingerprint density at radius 2 is 2.05 bits per heavy atom. The van der Waals surface area contributed by atoms with E-state index >= 15 is 0 Å². The molecule has 0 aliphatic rings. The van der Waals surface area contributed by atoms with Gasteiger partial charge in [-0.05, 0) is 30.7 Å². The van der Waals surface area contributed by atoms with Crippen LogP contribution in [0.5, 0.6) is 0 Å². The first kappa shape index (κ1) is 15.1. The molecule has 2 rings (SSSR count). The molecule has 0 fully saturated rings. The Morgan fingerprint density at radius 1 is 1.32 bits per heavy atom. The molecule has 2 N–H and O–H groups in total. The monoisotopic (exact) mass is 301 g/mol. The van der Waals surface area contributed by atoms with Crippen molar-refractivity contribution in [2.24, 2.45) is 0 Å². The van der Waals surface area contributed by atoms with Crippen molar-refractivity contribution in [3.05, 3.63) is 63.3 Å². The van der Waals surface area contributed by atoms with E-state index in [4.69, 9.17) is 5.11 Å². The van der Waals surface area contributed by atoms with Gasteiger partial charge in [0.05, 0.1) is 10.5 Å². The summed E-state index contributed by atoms with van der Waals surface area (Å²) in [5, 5.41) is 22.5. The fourth-order valence-electron chi connectivity index (χ4n) is 1.89. The molecular weight excluding hydrogens is 290 g/mol. The lowest BCUT2D eigenvalue weighted by molar-refractivity contribution is -0.385. The molecule has 0 saturated carbocycles. The molecule has 0 saturated heterocycles. The SMILES string of the molecule is Cc1ccnc(NC(=O)c2c(C(=O)O)cccc2[N+](=O)[O-])c1. The number of nitrogens with one attached hydrogen (secondary N) is 1. The average molecular weight is 301 g/mol. The second-order valence-corrected chi connectivity index (χ2v) is 4.43. The van der Waals surface area contributed by atoms with Crippen molar-refractivity contribution in [2.45, 2.75) is 6.92 Å². The average Bonchev–Trinajstić information content (AvgIpc) is 2.46. The van der Waals surface area contributed by atoms with Crippen molar-refractivity contribution in [3.63, 3.8) is 0 Å². The number of carbonyl (C=O) groups is 2. The highest BCUT2D eigenvalue weighted by molar-refractivity contribution is 6.13. The van der Waals surface area contributed by atoms with Gasteiger partial charge in [0.1, 0.15) is 11.4 Å². The van der Waals surface area contributed by atoms with E-state index in [0.29, 0.717) is 0 Å². The number of nitro benzene ring substituents is 1. The molecule has 1 amide bonds. The second kappa shape index (κ2) is 6.00. The molecule has 0 bridgehead atoms. The molecule has 2 aromatic rings. The summed E-state index contributed by atoms with van der Waals surface area (Å²) in [7, 11) is 0. The van der Waals surface area contributed by atoms with Crippen molar-refractivity contribution in [3.8, 4) is 0 Å². The van der Waals surface area contributed by atoms with Gasteiger partial charge in [-0.2, -0.15) is 0 Å². The molecular formula is C14H11N3O5. The number of aromatic carboxylic acids is 1. The first-order valence-electron chi connectivity index (χ1n) is 6.15. The van der Waals surface area contributed by atoms with E-state index in [1.54, 1.807) is 19.1 Å². The van der Waals surface area contributed by atoms with Crippen LogP contribution in [0.2, 0.25) is 0 Å². The number of carboxylic acids is 1. The number of amides is 1. The molecule has 0 aliphatic heterocycles. The molecule has 22 heavy (non-hydrogen) atoms. The van der Waals surface area contributed by atoms with Crippen molar-refractivity contribution in [1.29, 1.82) is 0 Å². The van der Waals surface area contributed by atoms with E-state index < -0.39 is 33.6 Å². The van der Waals surface area contributed by atoms with Gasteiger partial charge in [-0.1, -0.05) is 6.07 Å². The Labute approximate surface area is 124 Å². The fraction of sp³-hybridized carbons (Fsp3) is 0.0714. The maximum atomic E-state index is 12.3. The highest BCUT2D eigenvalue weighted by atomic mass is 16.6. The van der Waals surface area contributed by atoms with Crippen LogP contribution in [0, 0.1) is 17.0 Å². The normalized spacial score (nSPS) is 10.0. The van der Waals surface area contributed by atoms with Crippen LogP contribution in [-0.2, 0) is 0 Å². The smallest absolute Gasteiger partial charge is 0.336 e. The Morgan fingerprint density at radius 3 is 2.64 bits per heavy atom. The lowest BCUT2D eigenvalue weighted by Gasteiger charge is -2.08. The van der Waals surface area contributed by atoms with E-state index in [-0.39, 0.29) is 5.82 Å². The van der Waals surface area contributed by atoms with Crippen molar-refractivity contribution in [2.75, 3.05) is 5.32 Å². The molecule has 0 unspecified atom stereocenters. The number of carboxylic acid groups (broad SMARTS) is 1. The third-order valence-corrected chi connectivity index (χ3v) is 2.85. The Bertz CT molecular complexity index is 741. The zero-order chi connectivity index (χ0) is 16.3. The number of hydrogen-bond acceptors (Lipinski definition) is 5. The molecule has 0 spiro atoms. The zero-order valence-corrected chi connectivity index (χ0v) is 11.4. The van der Waals surface area contributed by atoms with E-state index in [2.05, 4.69) is 10.3 Å². The van der Waals surface area contributed by atoms with Gasteiger partial charge < -0.3 is 10.4 Å². The minimum atomic E-state index is -1.42. The molecule has 1 aromatic heterocycles. The number of hydrogen-bond donors (Lipinski definition) is 2. The summed E-state index contributed by atoms with van der Waals surface area (Å²) in [5.74, 6) is -2.15. The van der Waals surface area contributed by atoms with Crippen LogP contribution in [0.3, 0.4) is 0 Å². The zero-order valence-electron chi connectivity index (χ0n) is 11.4. The van der Waals surface area contributed by atoms with Crippen LogP contribution in [0.1, 0.15) is 26.3 Å². The lowest BCUT2D eigenvalue weighted by atomic mass is 10.0. The third kappa shape index (κ3) is 3.06. The number of benzene rings is 1. The Balaban J connectivity index is 2.48. The van der Waals surface area contributed by atoms with Crippen LogP contribution in [-0.4, -0.2) is 26.9 Å². The minimum Gasteiger partial charge on any atom is -0.478 e. The van der Waals surface area contributed by atoms with Gasteiger partial charge in [0.2, 0.25) is 0 Å². The highest BCUT2D eigenvalue weighted by Gasteiger charge is 2.27. The highest BCUT2D eigenvalue weighted by Crippen LogP contribution is 2.23. The van der Waals surface area contributed by atoms with Gasteiger partial charge in [0, 0.05) is 12.3 Å². The molecule has 0 radical (unpaired) electrons. The van der Waals surface area contributed by atoms with Crippen LogP contribution in [0.25, 0.3) is 0 Å². The number of carbonyl (C=O) groups excluding carboxylic acids is 1. The minimum absolute atomic E-state index is 0.180. The van der Waals surface area contributed by atoms with Gasteiger partial charge in [-0.3, -0.25) is 14.9 Å². The number of aryl methyl sites for hydroxylation is 1. The number of nitrogens with zero attached hydrogens (tertiary/aromatic N) is 2. The van der Waals surface area contributed by atoms with E-state index in [0.717, 1.165) is 17.7 Å². The standard InChI is InChI=1S/C14H11N3O5/c1-8-5-6-15-11(7-8)16-13(18)12-9(14(19)20)3-2-4-10(12)17(21)22/h2-7H,1H3,(H,19,20)(H,15,16,18). The van der Waals surface area contributed by atoms with Crippen LogP contribution >= 0.6 is 0 Å². The van der Waals surface area contributed by atoms with Gasteiger partial charge >= 0.3 is 5.97 Å². The summed E-state index contributed by atoms with van der Waals surface area (Å²) in [5.41, 5.74) is -0.709. The topological polar surface area (TPSA) is 122 Å². The van der Waals surface area contributed by atoms with E-state index in [1.807, 2.05) is 0 Å². The van der Waals surface area contributed by atoms with Crippen molar-refractivity contribution < 1.29 is 19.6 Å². The number of nitro groups is 1. The van der Waals surface area contributed by atoms with E-state index in [9.17, 15) is 19.7 Å². The largest absolute Gasteiger partial charge is 0.478 e. The summed E-state index contributed by atoms with van der Waals surface area (Å²) in [4.78, 5) is 37.6. The fourth-order valence-corrected chi connectivity index (χ4v) is 1.89. The summed E-state index contributed by atoms with van der Waals surface area (Å²) in [6.45, 7) is 1.78. The number of rotatable bonds is 4. The van der Waals surface area contributed by atoms with Gasteiger partial charge in [0.15, 0.2) is 0 Å². The van der Waals surface area contributed by atoms with Crippen LogP contribution < -0.4 is 5.32 Å². The molecule has 1 aromatic carbocycles. The quantitative estimate of drug-likeness (QED) is 0.659. The Kier molecular flexibility index (Phi) is 4.12. The molecule has 8 heteroatoms. The van der Waals surface area contributed by atoms with Crippen LogP contribution in [0.4, 0.5) is 11.5 Å². The summed E-state index contributed by atoms with van der Waals surface area (Å²) >= 11 is 0. The Hall–Kier alpha value is -3.29. The molecule has 0 aliphatic carbocycles. The second-order valence-electron chi connectivity index (χ2n) is 4.43. The molecule has 1 heterocycles. The van der Waals surface area contributed by atoms with Gasteiger partial charge in [-0.25, -0.2) is 9.78 Å². The van der Waals surface area contributed by atoms with Gasteiger partial charge in [0.25, 0.3) is 11.6 Å². The molecule has 8 nitrogen and oxygen atoms in total. The summed E-state index contributed by atoms with van der Waals surface area (Å²) < 4.78 is 0. The predicted octanol–water partition coefficient (Wildman–Crippen LogP) is 2.25. The number of anilines is 1. The lowest BCUT2D eigenvalue weighted by Crippen LogP contribution is -2.19. The molecule has 0 atom stereocenters. The first-order valence-corrected chi connectivity index (χ1v) is 6.15. The summed E-state index contributed by atoms with van der Waals surface area (Å²) in [6.07, 6.45) is 1.46.